The largest absolute Gasteiger partial charge is 0.480 e. The molecule has 0 saturated heterocycles. The van der Waals surface area contributed by atoms with E-state index >= 15 is 0 Å². The minimum atomic E-state index is -4.25. The maximum Gasteiger partial charge on any atom is 0.323 e. The molecular weight excluding hydrogens is 516 g/mol. The SMILES string of the molecule is Cc1noc(C)c1S(=O)(=O)NC(CNC(=O)c1cccc2c1cnn2CCCNC1N=CCCN1)C(=O)O. The fourth-order valence-corrected chi connectivity index (χ4v) is 5.68. The molecule has 1 aliphatic heterocycles. The minimum absolute atomic E-state index is 0.0294. The van der Waals surface area contributed by atoms with Gasteiger partial charge in [0.15, 0.2) is 12.0 Å². The number of carbonyl (C=O) groups excluding carboxylic acids is 1. The zero-order valence-electron chi connectivity index (χ0n) is 21.0. The number of carboxylic acid groups (broad SMARTS) is 1. The maximum absolute atomic E-state index is 13.0. The van der Waals surface area contributed by atoms with Gasteiger partial charge in [0, 0.05) is 37.8 Å². The lowest BCUT2D eigenvalue weighted by atomic mass is 10.1. The van der Waals surface area contributed by atoms with Gasteiger partial charge < -0.3 is 14.9 Å². The number of nitrogens with zero attached hydrogens (tertiary/aromatic N) is 4. The first kappa shape index (κ1) is 27.4. The van der Waals surface area contributed by atoms with Crippen molar-refractivity contribution < 1.29 is 27.6 Å². The number of carbonyl (C=O) groups is 2. The number of carboxylic acids is 1. The number of aliphatic carboxylic acids is 1. The van der Waals surface area contributed by atoms with E-state index in [-0.39, 0.29) is 22.6 Å². The van der Waals surface area contributed by atoms with Gasteiger partial charge in [0.1, 0.15) is 16.6 Å². The summed E-state index contributed by atoms with van der Waals surface area (Å²) < 4.78 is 34.2. The van der Waals surface area contributed by atoms with Crippen LogP contribution in [0.3, 0.4) is 0 Å². The number of hydrogen-bond donors (Lipinski definition) is 5. The quantitative estimate of drug-likeness (QED) is 0.195. The van der Waals surface area contributed by atoms with Crippen LogP contribution in [-0.2, 0) is 21.4 Å². The molecule has 0 saturated carbocycles. The van der Waals surface area contributed by atoms with Crippen LogP contribution in [0.2, 0.25) is 0 Å². The number of sulfonamides is 1. The Balaban J connectivity index is 1.39. The van der Waals surface area contributed by atoms with Crippen LogP contribution in [0, 0.1) is 13.8 Å². The predicted octanol–water partition coefficient (Wildman–Crippen LogP) is 0.130. The van der Waals surface area contributed by atoms with Gasteiger partial charge in [-0.25, -0.2) is 8.42 Å². The Hall–Kier alpha value is -3.66. The van der Waals surface area contributed by atoms with Gasteiger partial charge in [-0.2, -0.15) is 9.82 Å². The van der Waals surface area contributed by atoms with Crippen molar-refractivity contribution in [3.63, 3.8) is 0 Å². The fraction of sp³-hybridized carbons (Fsp3) is 0.435. The average Bonchev–Trinajstić information content (AvgIpc) is 3.47. The Kier molecular flexibility index (Phi) is 8.51. The number of fused-ring (bicyclic) bond motifs is 1. The summed E-state index contributed by atoms with van der Waals surface area (Å²) in [6.45, 7) is 4.58. The Labute approximate surface area is 218 Å². The smallest absolute Gasteiger partial charge is 0.323 e. The van der Waals surface area contributed by atoms with Crippen molar-refractivity contribution in [1.29, 1.82) is 0 Å². The number of benzene rings is 1. The highest BCUT2D eigenvalue weighted by atomic mass is 32.2. The van der Waals surface area contributed by atoms with E-state index in [0.717, 1.165) is 31.4 Å². The molecule has 0 fully saturated rings. The Morgan fingerprint density at radius 1 is 1.32 bits per heavy atom. The van der Waals surface area contributed by atoms with Crippen molar-refractivity contribution in [2.45, 2.75) is 50.5 Å². The van der Waals surface area contributed by atoms with Crippen molar-refractivity contribution in [1.82, 2.24) is 35.6 Å². The molecule has 3 aromatic rings. The lowest BCUT2D eigenvalue weighted by Crippen LogP contribution is -2.48. The summed E-state index contributed by atoms with van der Waals surface area (Å²) in [5, 5.41) is 27.2. The molecule has 2 unspecified atom stereocenters. The number of amides is 1. The molecule has 5 N–H and O–H groups in total. The summed E-state index contributed by atoms with van der Waals surface area (Å²) in [5.74, 6) is -1.97. The molecule has 15 heteroatoms. The molecule has 1 aliphatic rings. The van der Waals surface area contributed by atoms with Gasteiger partial charge >= 0.3 is 5.97 Å². The van der Waals surface area contributed by atoms with E-state index in [9.17, 15) is 23.1 Å². The summed E-state index contributed by atoms with van der Waals surface area (Å²) in [6, 6.07) is 3.54. The first-order valence-electron chi connectivity index (χ1n) is 12.1. The summed E-state index contributed by atoms with van der Waals surface area (Å²) in [5.41, 5.74) is 1.15. The second kappa shape index (κ2) is 11.8. The zero-order chi connectivity index (χ0) is 27.3. The molecule has 14 nitrogen and oxygen atoms in total. The van der Waals surface area contributed by atoms with Crippen LogP contribution >= 0.6 is 0 Å². The van der Waals surface area contributed by atoms with Crippen molar-refractivity contribution in [3.8, 4) is 0 Å². The first-order valence-corrected chi connectivity index (χ1v) is 13.5. The lowest BCUT2D eigenvalue weighted by molar-refractivity contribution is -0.138. The third-order valence-electron chi connectivity index (χ3n) is 5.98. The van der Waals surface area contributed by atoms with E-state index < -0.39 is 34.5 Å². The standard InChI is InChI=1S/C23H30N8O6S/c1-14-20(15(2)37-29-14)38(35,36)30-18(22(33)34)13-27-21(32)16-6-3-7-19-17(16)12-28-31(19)11-5-10-26-23-24-8-4-9-25-23/h3,6-8,12,18,23,25-26,30H,4-5,9-11,13H2,1-2H3,(H,27,32)(H,33,34). The second-order valence-electron chi connectivity index (χ2n) is 8.77. The zero-order valence-corrected chi connectivity index (χ0v) is 21.8. The monoisotopic (exact) mass is 546 g/mol. The molecule has 38 heavy (non-hydrogen) atoms. The van der Waals surface area contributed by atoms with Gasteiger partial charge in [-0.1, -0.05) is 11.2 Å². The molecule has 0 radical (unpaired) electrons. The van der Waals surface area contributed by atoms with E-state index in [0.29, 0.717) is 17.5 Å². The summed E-state index contributed by atoms with van der Waals surface area (Å²) in [7, 11) is -4.25. The number of aryl methyl sites for hydroxylation is 3. The molecule has 4 rings (SSSR count). The number of aliphatic imine (C=N–C) groups is 1. The van der Waals surface area contributed by atoms with Gasteiger partial charge in [-0.15, -0.1) is 0 Å². The normalized spacial score (nSPS) is 16.5. The number of aromatic nitrogens is 3. The molecule has 3 heterocycles. The number of nitrogens with one attached hydrogen (secondary N) is 4. The molecule has 204 valence electrons. The highest BCUT2D eigenvalue weighted by Crippen LogP contribution is 2.20. The molecule has 1 amide bonds. The minimum Gasteiger partial charge on any atom is -0.480 e. The van der Waals surface area contributed by atoms with Crippen molar-refractivity contribution in [3.05, 3.63) is 41.4 Å². The van der Waals surface area contributed by atoms with Crippen molar-refractivity contribution in [2.75, 3.05) is 19.6 Å². The fourth-order valence-electron chi connectivity index (χ4n) is 4.16. The first-order chi connectivity index (χ1) is 18.2. The summed E-state index contributed by atoms with van der Waals surface area (Å²) >= 11 is 0. The van der Waals surface area contributed by atoms with Crippen molar-refractivity contribution in [2.24, 2.45) is 4.99 Å². The Morgan fingerprint density at radius 2 is 2.13 bits per heavy atom. The maximum atomic E-state index is 13.0. The molecular formula is C23H30N8O6S. The van der Waals surface area contributed by atoms with Crippen LogP contribution in [0.25, 0.3) is 10.9 Å². The summed E-state index contributed by atoms with van der Waals surface area (Å²) in [6.07, 6.45) is 5.10. The van der Waals surface area contributed by atoms with Crippen LogP contribution in [0.1, 0.15) is 34.7 Å². The molecule has 2 aromatic heterocycles. The van der Waals surface area contributed by atoms with Gasteiger partial charge in [-0.05, 0) is 38.8 Å². The number of rotatable bonds is 12. The van der Waals surface area contributed by atoms with Gasteiger partial charge in [0.05, 0.1) is 17.3 Å². The van der Waals surface area contributed by atoms with E-state index in [1.165, 1.54) is 13.8 Å². The van der Waals surface area contributed by atoms with Gasteiger partial charge in [0.2, 0.25) is 10.0 Å². The number of hydrogen-bond acceptors (Lipinski definition) is 10. The van der Waals surface area contributed by atoms with E-state index in [4.69, 9.17) is 4.52 Å². The molecule has 1 aromatic carbocycles. The lowest BCUT2D eigenvalue weighted by Gasteiger charge is -2.19. The van der Waals surface area contributed by atoms with Crippen molar-refractivity contribution >= 4 is 39.0 Å². The molecule has 0 bridgehead atoms. The highest BCUT2D eigenvalue weighted by molar-refractivity contribution is 7.89. The predicted molar refractivity (Wildman–Crippen MR) is 137 cm³/mol. The van der Waals surface area contributed by atoms with Crippen LogP contribution in [0.5, 0.6) is 0 Å². The molecule has 0 aliphatic carbocycles. The second-order valence-corrected chi connectivity index (χ2v) is 10.4. The Bertz CT molecular complexity index is 1430. The average molecular weight is 547 g/mol. The third kappa shape index (κ3) is 6.24. The van der Waals surface area contributed by atoms with Crippen LogP contribution in [-0.4, -0.2) is 78.5 Å². The van der Waals surface area contributed by atoms with E-state index in [1.807, 2.05) is 12.3 Å². The molecule has 2 atom stereocenters. The topological polar surface area (TPSA) is 193 Å². The van der Waals surface area contributed by atoms with Gasteiger partial charge in [0.25, 0.3) is 5.91 Å². The highest BCUT2D eigenvalue weighted by Gasteiger charge is 2.30. The van der Waals surface area contributed by atoms with E-state index in [2.05, 4.69) is 35.9 Å². The molecule has 0 spiro atoms. The van der Waals surface area contributed by atoms with Crippen LogP contribution < -0.4 is 20.7 Å². The third-order valence-corrected chi connectivity index (χ3v) is 7.70. The van der Waals surface area contributed by atoms with E-state index in [1.54, 1.807) is 23.0 Å². The van der Waals surface area contributed by atoms with Crippen LogP contribution in [0.4, 0.5) is 0 Å². The van der Waals surface area contributed by atoms with Gasteiger partial charge in [-0.3, -0.25) is 29.9 Å². The van der Waals surface area contributed by atoms with Crippen LogP contribution in [0.15, 0.2) is 38.8 Å². The Morgan fingerprint density at radius 3 is 2.82 bits per heavy atom. The summed E-state index contributed by atoms with van der Waals surface area (Å²) in [4.78, 5) is 28.8.